The molecule has 2 rings (SSSR count). The molecule has 2 heterocycles. The molecule has 1 atom stereocenters. The van der Waals surface area contributed by atoms with Crippen molar-refractivity contribution < 1.29 is 5.11 Å². The maximum Gasteiger partial charge on any atom is 0.138 e. The van der Waals surface area contributed by atoms with E-state index in [-0.39, 0.29) is 6.04 Å². The fourth-order valence-corrected chi connectivity index (χ4v) is 1.74. The van der Waals surface area contributed by atoms with Crippen molar-refractivity contribution in [3.63, 3.8) is 0 Å². The van der Waals surface area contributed by atoms with Gasteiger partial charge < -0.3 is 16.2 Å². The lowest BCUT2D eigenvalue weighted by atomic mass is 9.86. The van der Waals surface area contributed by atoms with E-state index in [0.29, 0.717) is 19.5 Å². The second kappa shape index (κ2) is 3.88. The van der Waals surface area contributed by atoms with Crippen LogP contribution in [0.3, 0.4) is 0 Å². The second-order valence-electron chi connectivity index (χ2n) is 4.01. The molecule has 0 amide bonds. The van der Waals surface area contributed by atoms with Crippen LogP contribution >= 0.6 is 0 Å². The number of aliphatic hydroxyl groups is 1. The molecule has 0 saturated carbocycles. The Hall–Kier alpha value is -0.980. The second-order valence-corrected chi connectivity index (χ2v) is 4.01. The molecule has 0 aromatic carbocycles. The summed E-state index contributed by atoms with van der Waals surface area (Å²) < 4.78 is 1.80. The third-order valence-corrected chi connectivity index (χ3v) is 2.95. The smallest absolute Gasteiger partial charge is 0.138 e. The van der Waals surface area contributed by atoms with Gasteiger partial charge in [0.25, 0.3) is 0 Å². The van der Waals surface area contributed by atoms with Crippen molar-refractivity contribution in [1.29, 1.82) is 0 Å². The van der Waals surface area contributed by atoms with E-state index < -0.39 is 5.60 Å². The topological polar surface area (TPSA) is 89.0 Å². The van der Waals surface area contributed by atoms with Crippen LogP contribution in [-0.2, 0) is 13.0 Å². The number of rotatable bonds is 4. The quantitative estimate of drug-likeness (QED) is 0.564. The standard InChI is InChI=1S/C9H17N5O/c1-2-14-8(12-6-13-14)3-7(10)9(15)4-11-5-9/h6-7,11,15H,2-5,10H2,1H3. The van der Waals surface area contributed by atoms with Crippen molar-refractivity contribution in [2.45, 2.75) is 31.5 Å². The molecule has 15 heavy (non-hydrogen) atoms. The summed E-state index contributed by atoms with van der Waals surface area (Å²) in [6.07, 6.45) is 2.08. The minimum atomic E-state index is -0.773. The summed E-state index contributed by atoms with van der Waals surface area (Å²) >= 11 is 0. The monoisotopic (exact) mass is 211 g/mol. The van der Waals surface area contributed by atoms with Crippen LogP contribution in [0.4, 0.5) is 0 Å². The number of nitrogens with one attached hydrogen (secondary N) is 1. The predicted octanol–water partition coefficient (Wildman–Crippen LogP) is -1.50. The predicted molar refractivity (Wildman–Crippen MR) is 55.2 cm³/mol. The minimum Gasteiger partial charge on any atom is -0.386 e. The third kappa shape index (κ3) is 1.88. The molecule has 1 aliphatic rings. The summed E-state index contributed by atoms with van der Waals surface area (Å²) in [6, 6.07) is -0.284. The Morgan fingerprint density at radius 1 is 1.73 bits per heavy atom. The molecule has 6 heteroatoms. The summed E-state index contributed by atoms with van der Waals surface area (Å²) in [5.41, 5.74) is 5.18. The van der Waals surface area contributed by atoms with Gasteiger partial charge in [-0.1, -0.05) is 0 Å². The molecule has 1 aromatic rings. The molecular formula is C9H17N5O. The first-order chi connectivity index (χ1) is 7.15. The molecule has 1 saturated heterocycles. The van der Waals surface area contributed by atoms with Gasteiger partial charge in [0.2, 0.25) is 0 Å². The van der Waals surface area contributed by atoms with E-state index in [4.69, 9.17) is 5.73 Å². The van der Waals surface area contributed by atoms with Crippen molar-refractivity contribution in [3.8, 4) is 0 Å². The van der Waals surface area contributed by atoms with Gasteiger partial charge in [0.15, 0.2) is 0 Å². The molecule has 1 unspecified atom stereocenters. The van der Waals surface area contributed by atoms with Gasteiger partial charge in [-0.3, -0.25) is 4.68 Å². The SMILES string of the molecule is CCn1ncnc1CC(N)C1(O)CNC1. The van der Waals surface area contributed by atoms with E-state index in [9.17, 15) is 5.11 Å². The van der Waals surface area contributed by atoms with Crippen LogP contribution < -0.4 is 11.1 Å². The Bertz CT molecular complexity index is 333. The number of nitrogens with zero attached hydrogens (tertiary/aromatic N) is 3. The molecule has 0 radical (unpaired) electrons. The zero-order valence-electron chi connectivity index (χ0n) is 8.85. The summed E-state index contributed by atoms with van der Waals surface area (Å²) in [5.74, 6) is 0.838. The lowest BCUT2D eigenvalue weighted by molar-refractivity contribution is -0.0327. The van der Waals surface area contributed by atoms with Gasteiger partial charge in [-0.15, -0.1) is 0 Å². The molecule has 1 fully saturated rings. The largest absolute Gasteiger partial charge is 0.386 e. The van der Waals surface area contributed by atoms with Crippen LogP contribution in [0.2, 0.25) is 0 Å². The molecular weight excluding hydrogens is 194 g/mol. The van der Waals surface area contributed by atoms with Crippen LogP contribution in [0.1, 0.15) is 12.7 Å². The number of nitrogens with two attached hydrogens (primary N) is 1. The van der Waals surface area contributed by atoms with E-state index in [2.05, 4.69) is 15.4 Å². The number of hydrogen-bond donors (Lipinski definition) is 3. The average Bonchev–Trinajstić information content (AvgIpc) is 2.61. The van der Waals surface area contributed by atoms with Gasteiger partial charge in [-0.2, -0.15) is 5.10 Å². The molecule has 1 aliphatic heterocycles. The van der Waals surface area contributed by atoms with Crippen LogP contribution in [-0.4, -0.2) is 44.6 Å². The van der Waals surface area contributed by atoms with E-state index >= 15 is 0 Å². The highest BCUT2D eigenvalue weighted by atomic mass is 16.3. The van der Waals surface area contributed by atoms with Gasteiger partial charge >= 0.3 is 0 Å². The molecule has 0 spiro atoms. The van der Waals surface area contributed by atoms with Gasteiger partial charge in [0.1, 0.15) is 17.8 Å². The molecule has 0 aliphatic carbocycles. The highest BCUT2D eigenvalue weighted by Gasteiger charge is 2.40. The summed E-state index contributed by atoms with van der Waals surface area (Å²) in [7, 11) is 0. The fraction of sp³-hybridized carbons (Fsp3) is 0.778. The first kappa shape index (κ1) is 10.5. The molecule has 0 bridgehead atoms. The maximum atomic E-state index is 10.00. The molecule has 6 nitrogen and oxygen atoms in total. The fourth-order valence-electron chi connectivity index (χ4n) is 1.74. The van der Waals surface area contributed by atoms with Gasteiger partial charge in [-0.25, -0.2) is 4.98 Å². The average molecular weight is 211 g/mol. The summed E-state index contributed by atoms with van der Waals surface area (Å²) in [4.78, 5) is 4.14. The van der Waals surface area contributed by atoms with Crippen molar-refractivity contribution in [2.24, 2.45) is 5.73 Å². The normalized spacial score (nSPS) is 21.0. The van der Waals surface area contributed by atoms with Crippen LogP contribution in [0.5, 0.6) is 0 Å². The van der Waals surface area contributed by atoms with Crippen molar-refractivity contribution in [2.75, 3.05) is 13.1 Å². The van der Waals surface area contributed by atoms with E-state index in [1.165, 1.54) is 6.33 Å². The maximum absolute atomic E-state index is 10.00. The van der Waals surface area contributed by atoms with E-state index in [0.717, 1.165) is 12.4 Å². The van der Waals surface area contributed by atoms with Gasteiger partial charge in [-0.05, 0) is 6.92 Å². The van der Waals surface area contributed by atoms with E-state index in [1.807, 2.05) is 6.92 Å². The Morgan fingerprint density at radius 2 is 2.47 bits per heavy atom. The summed E-state index contributed by atoms with van der Waals surface area (Å²) in [5, 5.41) is 17.1. The number of aromatic nitrogens is 3. The highest BCUT2D eigenvalue weighted by Crippen LogP contribution is 2.16. The first-order valence-electron chi connectivity index (χ1n) is 5.21. The summed E-state index contributed by atoms with van der Waals surface area (Å²) in [6.45, 7) is 3.91. The zero-order valence-corrected chi connectivity index (χ0v) is 8.85. The number of β-amino-alcohol motifs (C(OH)–C–C–N with tert-alkyl or cyclic N) is 1. The van der Waals surface area contributed by atoms with Crippen molar-refractivity contribution in [3.05, 3.63) is 12.2 Å². The van der Waals surface area contributed by atoms with Crippen LogP contribution in [0.25, 0.3) is 0 Å². The van der Waals surface area contributed by atoms with Crippen LogP contribution in [0, 0.1) is 0 Å². The Morgan fingerprint density at radius 3 is 3.00 bits per heavy atom. The minimum absolute atomic E-state index is 0.284. The first-order valence-corrected chi connectivity index (χ1v) is 5.21. The van der Waals surface area contributed by atoms with Gasteiger partial charge in [0, 0.05) is 32.1 Å². The number of hydrogen-bond acceptors (Lipinski definition) is 5. The molecule has 84 valence electrons. The lowest BCUT2D eigenvalue weighted by Gasteiger charge is -2.42. The highest BCUT2D eigenvalue weighted by molar-refractivity contribution is 5.04. The Kier molecular flexibility index (Phi) is 2.72. The van der Waals surface area contributed by atoms with Crippen molar-refractivity contribution in [1.82, 2.24) is 20.1 Å². The zero-order chi connectivity index (χ0) is 10.9. The van der Waals surface area contributed by atoms with Gasteiger partial charge in [0.05, 0.1) is 0 Å². The van der Waals surface area contributed by atoms with Crippen molar-refractivity contribution >= 4 is 0 Å². The molecule has 1 aromatic heterocycles. The molecule has 4 N–H and O–H groups in total. The Labute approximate surface area is 88.5 Å². The van der Waals surface area contributed by atoms with Crippen LogP contribution in [0.15, 0.2) is 6.33 Å². The lowest BCUT2D eigenvalue weighted by Crippen LogP contribution is -2.68. The number of aryl methyl sites for hydroxylation is 1. The third-order valence-electron chi connectivity index (χ3n) is 2.95. The Balaban J connectivity index is 2.02. The van der Waals surface area contributed by atoms with E-state index in [1.54, 1.807) is 4.68 Å².